The van der Waals surface area contributed by atoms with Crippen LogP contribution in [-0.4, -0.2) is 18.0 Å². The zero-order chi connectivity index (χ0) is 18.2. The fourth-order valence-electron chi connectivity index (χ4n) is 2.04. The van der Waals surface area contributed by atoms with Crippen LogP contribution in [0.15, 0.2) is 54.6 Å². The van der Waals surface area contributed by atoms with Crippen molar-refractivity contribution in [2.24, 2.45) is 0 Å². The summed E-state index contributed by atoms with van der Waals surface area (Å²) >= 11 is 0. The van der Waals surface area contributed by atoms with Crippen molar-refractivity contribution in [3.05, 3.63) is 77.1 Å². The smallest absolute Gasteiger partial charge is 0.331 e. The first-order chi connectivity index (χ1) is 11.9. The van der Waals surface area contributed by atoms with E-state index in [9.17, 15) is 14.0 Å². The third-order valence-electron chi connectivity index (χ3n) is 3.53. The van der Waals surface area contributed by atoms with Gasteiger partial charge in [-0.2, -0.15) is 0 Å². The van der Waals surface area contributed by atoms with Crippen molar-refractivity contribution in [3.63, 3.8) is 0 Å². The van der Waals surface area contributed by atoms with E-state index in [0.717, 1.165) is 16.7 Å². The highest BCUT2D eigenvalue weighted by Crippen LogP contribution is 2.06. The number of ether oxygens (including phenoxy) is 1. The molecule has 25 heavy (non-hydrogen) atoms. The van der Waals surface area contributed by atoms with E-state index in [4.69, 9.17) is 4.74 Å². The molecule has 5 heteroatoms. The number of benzene rings is 2. The molecule has 0 bridgehead atoms. The van der Waals surface area contributed by atoms with Gasteiger partial charge in [0.2, 0.25) is 0 Å². The third kappa shape index (κ3) is 6.22. The number of carbonyl (C=O) groups is 2. The number of hydrogen-bond donors (Lipinski definition) is 1. The Hall–Kier alpha value is -2.95. The fraction of sp³-hybridized carbons (Fsp3) is 0.200. The summed E-state index contributed by atoms with van der Waals surface area (Å²) in [6.07, 6.45) is 2.00. The standard InChI is InChI=1S/C20H20FNO3/c1-14-3-5-16(6-4-14)9-12-19(23)25-15(2)20(24)22-13-17-7-10-18(21)11-8-17/h3-12,15H,13H2,1-2H3,(H,22,24)/b12-9+/t15-/m1/s1. The van der Waals surface area contributed by atoms with Crippen molar-refractivity contribution in [1.29, 1.82) is 0 Å². The number of rotatable bonds is 6. The first-order valence-electron chi connectivity index (χ1n) is 7.91. The van der Waals surface area contributed by atoms with Crippen LogP contribution in [0, 0.1) is 12.7 Å². The lowest BCUT2D eigenvalue weighted by molar-refractivity contribution is -0.150. The lowest BCUT2D eigenvalue weighted by Crippen LogP contribution is -2.35. The normalized spacial score (nSPS) is 12.0. The van der Waals surface area contributed by atoms with Gasteiger partial charge < -0.3 is 10.1 Å². The lowest BCUT2D eigenvalue weighted by Gasteiger charge is -2.12. The molecular weight excluding hydrogens is 321 g/mol. The van der Waals surface area contributed by atoms with Crippen LogP contribution in [0.1, 0.15) is 23.6 Å². The molecule has 1 atom stereocenters. The van der Waals surface area contributed by atoms with Gasteiger partial charge in [0, 0.05) is 12.6 Å². The molecule has 0 heterocycles. The average molecular weight is 341 g/mol. The minimum absolute atomic E-state index is 0.236. The molecule has 1 N–H and O–H groups in total. The second kappa shape index (κ2) is 8.78. The van der Waals surface area contributed by atoms with Crippen LogP contribution in [0.25, 0.3) is 6.08 Å². The Morgan fingerprint density at radius 2 is 1.76 bits per heavy atom. The molecule has 4 nitrogen and oxygen atoms in total. The van der Waals surface area contributed by atoms with Crippen molar-refractivity contribution in [2.45, 2.75) is 26.5 Å². The molecule has 1 amide bonds. The highest BCUT2D eigenvalue weighted by Gasteiger charge is 2.16. The van der Waals surface area contributed by atoms with E-state index >= 15 is 0 Å². The van der Waals surface area contributed by atoms with E-state index in [1.807, 2.05) is 31.2 Å². The fourth-order valence-corrected chi connectivity index (χ4v) is 2.04. The van der Waals surface area contributed by atoms with Gasteiger partial charge in [-0.3, -0.25) is 4.79 Å². The van der Waals surface area contributed by atoms with E-state index in [1.165, 1.54) is 25.1 Å². The lowest BCUT2D eigenvalue weighted by atomic mass is 10.1. The SMILES string of the molecule is Cc1ccc(/C=C/C(=O)O[C@H](C)C(=O)NCc2ccc(F)cc2)cc1. The quantitative estimate of drug-likeness (QED) is 0.647. The predicted molar refractivity (Wildman–Crippen MR) is 94.0 cm³/mol. The molecule has 0 aromatic heterocycles. The van der Waals surface area contributed by atoms with Gasteiger partial charge in [-0.25, -0.2) is 9.18 Å². The van der Waals surface area contributed by atoms with Gasteiger partial charge in [0.1, 0.15) is 5.82 Å². The second-order valence-electron chi connectivity index (χ2n) is 5.67. The van der Waals surface area contributed by atoms with Crippen molar-refractivity contribution in [1.82, 2.24) is 5.32 Å². The van der Waals surface area contributed by atoms with Crippen molar-refractivity contribution >= 4 is 18.0 Å². The number of aryl methyl sites for hydroxylation is 1. The molecule has 0 spiro atoms. The zero-order valence-electron chi connectivity index (χ0n) is 14.2. The van der Waals surface area contributed by atoms with Gasteiger partial charge in [0.15, 0.2) is 6.10 Å². The Morgan fingerprint density at radius 3 is 2.40 bits per heavy atom. The maximum Gasteiger partial charge on any atom is 0.331 e. The van der Waals surface area contributed by atoms with Crippen LogP contribution in [0.5, 0.6) is 0 Å². The molecule has 130 valence electrons. The zero-order valence-corrected chi connectivity index (χ0v) is 14.2. The largest absolute Gasteiger partial charge is 0.449 e. The average Bonchev–Trinajstić information content (AvgIpc) is 2.60. The van der Waals surface area contributed by atoms with Gasteiger partial charge in [0.25, 0.3) is 5.91 Å². The topological polar surface area (TPSA) is 55.4 Å². The molecule has 0 saturated carbocycles. The van der Waals surface area contributed by atoms with Crippen molar-refractivity contribution < 1.29 is 18.7 Å². The number of nitrogens with one attached hydrogen (secondary N) is 1. The van der Waals surface area contributed by atoms with Gasteiger partial charge in [0.05, 0.1) is 0 Å². The number of amides is 1. The van der Waals surface area contributed by atoms with Gasteiger partial charge in [-0.15, -0.1) is 0 Å². The van der Waals surface area contributed by atoms with E-state index < -0.39 is 18.0 Å². The Kier molecular flexibility index (Phi) is 6.46. The van der Waals surface area contributed by atoms with Crippen LogP contribution in [-0.2, 0) is 20.9 Å². The van der Waals surface area contributed by atoms with E-state index in [2.05, 4.69) is 5.32 Å². The summed E-state index contributed by atoms with van der Waals surface area (Å²) in [4.78, 5) is 23.7. The highest BCUT2D eigenvalue weighted by molar-refractivity contribution is 5.90. The number of hydrogen-bond acceptors (Lipinski definition) is 3. The first kappa shape index (κ1) is 18.4. The summed E-state index contributed by atoms with van der Waals surface area (Å²) in [5, 5.41) is 2.64. The highest BCUT2D eigenvalue weighted by atomic mass is 19.1. The van der Waals surface area contributed by atoms with Gasteiger partial charge >= 0.3 is 5.97 Å². The first-order valence-corrected chi connectivity index (χ1v) is 7.91. The molecule has 0 saturated heterocycles. The van der Waals surface area contributed by atoms with E-state index in [0.29, 0.717) is 0 Å². The molecule has 2 rings (SSSR count). The van der Waals surface area contributed by atoms with Crippen LogP contribution in [0.4, 0.5) is 4.39 Å². The maximum absolute atomic E-state index is 12.8. The van der Waals surface area contributed by atoms with Gasteiger partial charge in [-0.05, 0) is 43.2 Å². The monoisotopic (exact) mass is 341 g/mol. The molecule has 2 aromatic carbocycles. The summed E-state index contributed by atoms with van der Waals surface area (Å²) < 4.78 is 17.9. The minimum atomic E-state index is -0.921. The van der Waals surface area contributed by atoms with E-state index in [1.54, 1.807) is 18.2 Å². The Balaban J connectivity index is 1.80. The van der Waals surface area contributed by atoms with E-state index in [-0.39, 0.29) is 12.4 Å². The molecule has 0 fully saturated rings. The summed E-state index contributed by atoms with van der Waals surface area (Å²) in [6.45, 7) is 3.71. The summed E-state index contributed by atoms with van der Waals surface area (Å²) in [6, 6.07) is 13.5. The molecule has 0 unspecified atom stereocenters. The van der Waals surface area contributed by atoms with Crippen molar-refractivity contribution in [3.8, 4) is 0 Å². The summed E-state index contributed by atoms with van der Waals surface area (Å²) in [5.41, 5.74) is 2.76. The Labute approximate surface area is 146 Å². The number of carbonyl (C=O) groups excluding carboxylic acids is 2. The second-order valence-corrected chi connectivity index (χ2v) is 5.67. The van der Waals surface area contributed by atoms with Crippen LogP contribution >= 0.6 is 0 Å². The molecule has 0 aliphatic carbocycles. The van der Waals surface area contributed by atoms with Gasteiger partial charge in [-0.1, -0.05) is 42.0 Å². The molecule has 0 aliphatic heterocycles. The van der Waals surface area contributed by atoms with Crippen LogP contribution < -0.4 is 5.32 Å². The molecule has 0 aliphatic rings. The Bertz CT molecular complexity index is 752. The third-order valence-corrected chi connectivity index (χ3v) is 3.53. The molecule has 0 radical (unpaired) electrons. The van der Waals surface area contributed by atoms with Crippen molar-refractivity contribution in [2.75, 3.05) is 0 Å². The summed E-state index contributed by atoms with van der Waals surface area (Å²) in [5.74, 6) is -1.34. The predicted octanol–water partition coefficient (Wildman–Crippen LogP) is 3.40. The van der Waals surface area contributed by atoms with Crippen LogP contribution in [0.3, 0.4) is 0 Å². The minimum Gasteiger partial charge on any atom is -0.449 e. The molecule has 2 aromatic rings. The summed E-state index contributed by atoms with van der Waals surface area (Å²) in [7, 11) is 0. The van der Waals surface area contributed by atoms with Crippen LogP contribution in [0.2, 0.25) is 0 Å². The maximum atomic E-state index is 12.8. The number of esters is 1. The number of halogens is 1. The molecular formula is C20H20FNO3. The Morgan fingerprint density at radius 1 is 1.12 bits per heavy atom.